The smallest absolute Gasteiger partial charge is 0.269 e. The van der Waals surface area contributed by atoms with Crippen LogP contribution < -0.4 is 4.90 Å². The molecule has 1 aliphatic heterocycles. The van der Waals surface area contributed by atoms with Crippen molar-refractivity contribution in [3.63, 3.8) is 0 Å². The molecule has 2 rings (SSSR count). The molecule has 0 saturated carbocycles. The minimum Gasteiger partial charge on any atom is -0.371 e. The highest BCUT2D eigenvalue weighted by atomic mass is 16.6. The minimum atomic E-state index is -0.384. The number of hydrogen-bond donors (Lipinski definition) is 0. The molecule has 1 aromatic rings. The summed E-state index contributed by atoms with van der Waals surface area (Å²) in [5.41, 5.74) is 2.00. The number of aryl methyl sites for hydroxylation is 1. The number of carbonyl (C=O) groups excluding carboxylic acids is 1. The lowest BCUT2D eigenvalue weighted by Crippen LogP contribution is -2.38. The second-order valence-electron chi connectivity index (χ2n) is 5.12. The number of carbonyl (C=O) groups is 1. The van der Waals surface area contributed by atoms with Gasteiger partial charge in [-0.25, -0.2) is 0 Å². The summed E-state index contributed by atoms with van der Waals surface area (Å²) in [6.45, 7) is 5.13. The summed E-state index contributed by atoms with van der Waals surface area (Å²) in [7, 11) is 0. The zero-order valence-corrected chi connectivity index (χ0v) is 11.3. The number of ketones is 1. The third-order valence-electron chi connectivity index (χ3n) is 3.73. The zero-order valence-electron chi connectivity index (χ0n) is 11.3. The topological polar surface area (TPSA) is 63.5 Å². The van der Waals surface area contributed by atoms with Gasteiger partial charge in [-0.1, -0.05) is 0 Å². The molecule has 0 bridgehead atoms. The Morgan fingerprint density at radius 2 is 2.21 bits per heavy atom. The van der Waals surface area contributed by atoms with E-state index >= 15 is 0 Å². The molecular weight excluding hydrogens is 244 g/mol. The molecule has 5 nitrogen and oxygen atoms in total. The van der Waals surface area contributed by atoms with Gasteiger partial charge in [0.15, 0.2) is 0 Å². The average Bonchev–Trinajstić information content (AvgIpc) is 2.38. The van der Waals surface area contributed by atoms with Crippen molar-refractivity contribution < 1.29 is 9.72 Å². The second-order valence-corrected chi connectivity index (χ2v) is 5.12. The summed E-state index contributed by atoms with van der Waals surface area (Å²) in [6, 6.07) is 4.91. The summed E-state index contributed by atoms with van der Waals surface area (Å²) in [6.07, 6.45) is 1.93. The van der Waals surface area contributed by atoms with Crippen molar-refractivity contribution in [2.45, 2.75) is 26.7 Å². The predicted molar refractivity (Wildman–Crippen MR) is 73.5 cm³/mol. The fourth-order valence-electron chi connectivity index (χ4n) is 2.64. The Balaban J connectivity index is 2.22. The molecule has 1 atom stereocenters. The maximum atomic E-state index is 11.5. The number of nitrogens with zero attached hydrogens (tertiary/aromatic N) is 2. The molecule has 1 saturated heterocycles. The molecule has 0 aromatic heterocycles. The van der Waals surface area contributed by atoms with Crippen LogP contribution in [0.1, 0.15) is 25.3 Å². The first kappa shape index (κ1) is 13.5. The molecule has 102 valence electrons. The predicted octanol–water partition coefficient (Wildman–Crippen LogP) is 2.71. The normalized spacial score (nSPS) is 19.3. The van der Waals surface area contributed by atoms with Gasteiger partial charge in [-0.3, -0.25) is 14.9 Å². The van der Waals surface area contributed by atoms with Crippen LogP contribution in [0.25, 0.3) is 0 Å². The average molecular weight is 262 g/mol. The zero-order chi connectivity index (χ0) is 14.0. The van der Waals surface area contributed by atoms with Gasteiger partial charge in [0, 0.05) is 36.8 Å². The number of nitro groups is 1. The maximum absolute atomic E-state index is 11.5. The van der Waals surface area contributed by atoms with Crippen molar-refractivity contribution in [3.05, 3.63) is 33.9 Å². The lowest BCUT2D eigenvalue weighted by molar-refractivity contribution is -0.384. The standard InChI is InChI=1S/C14H18N2O3/c1-10-8-13(16(18)19)5-6-14(10)15-7-3-4-12(9-15)11(2)17/h5-6,8,12H,3-4,7,9H2,1-2H3. The number of non-ortho nitro benzene ring substituents is 1. The molecule has 5 heteroatoms. The Labute approximate surface area is 112 Å². The Kier molecular flexibility index (Phi) is 3.83. The van der Waals surface area contributed by atoms with E-state index in [1.165, 1.54) is 6.07 Å². The van der Waals surface area contributed by atoms with E-state index in [2.05, 4.69) is 4.90 Å². The summed E-state index contributed by atoms with van der Waals surface area (Å²) < 4.78 is 0. The largest absolute Gasteiger partial charge is 0.371 e. The van der Waals surface area contributed by atoms with Gasteiger partial charge in [-0.15, -0.1) is 0 Å². The van der Waals surface area contributed by atoms with E-state index in [9.17, 15) is 14.9 Å². The monoisotopic (exact) mass is 262 g/mol. The van der Waals surface area contributed by atoms with Crippen molar-refractivity contribution >= 4 is 17.2 Å². The SMILES string of the molecule is CC(=O)C1CCCN(c2ccc([N+](=O)[O-])cc2C)C1. The van der Waals surface area contributed by atoms with Gasteiger partial charge < -0.3 is 4.90 Å². The number of rotatable bonds is 3. The van der Waals surface area contributed by atoms with Crippen LogP contribution in [0.2, 0.25) is 0 Å². The maximum Gasteiger partial charge on any atom is 0.269 e. The van der Waals surface area contributed by atoms with E-state index < -0.39 is 0 Å². The first-order chi connectivity index (χ1) is 8.99. The highest BCUT2D eigenvalue weighted by Gasteiger charge is 2.24. The molecule has 1 fully saturated rings. The van der Waals surface area contributed by atoms with Crippen LogP contribution >= 0.6 is 0 Å². The third kappa shape index (κ3) is 2.92. The number of nitro benzene ring substituents is 1. The van der Waals surface area contributed by atoms with E-state index in [1.54, 1.807) is 19.1 Å². The second kappa shape index (κ2) is 5.38. The fraction of sp³-hybridized carbons (Fsp3) is 0.500. The van der Waals surface area contributed by atoms with Gasteiger partial charge in [0.05, 0.1) is 4.92 Å². The van der Waals surface area contributed by atoms with E-state index in [4.69, 9.17) is 0 Å². The highest BCUT2D eigenvalue weighted by molar-refractivity contribution is 5.79. The Morgan fingerprint density at radius 3 is 2.79 bits per heavy atom. The van der Waals surface area contributed by atoms with Crippen LogP contribution in [-0.4, -0.2) is 23.8 Å². The summed E-state index contributed by atoms with van der Waals surface area (Å²) in [5.74, 6) is 0.313. The molecule has 1 unspecified atom stereocenters. The lowest BCUT2D eigenvalue weighted by Gasteiger charge is -2.34. The molecule has 19 heavy (non-hydrogen) atoms. The number of piperidine rings is 1. The lowest BCUT2D eigenvalue weighted by atomic mass is 9.94. The molecule has 1 heterocycles. The van der Waals surface area contributed by atoms with Crippen LogP contribution in [-0.2, 0) is 4.79 Å². The molecule has 0 aliphatic carbocycles. The molecule has 1 aromatic carbocycles. The van der Waals surface area contributed by atoms with Crippen LogP contribution in [0.15, 0.2) is 18.2 Å². The van der Waals surface area contributed by atoms with Crippen molar-refractivity contribution in [2.24, 2.45) is 5.92 Å². The number of benzene rings is 1. The number of hydrogen-bond acceptors (Lipinski definition) is 4. The van der Waals surface area contributed by atoms with Gasteiger partial charge in [-0.2, -0.15) is 0 Å². The highest BCUT2D eigenvalue weighted by Crippen LogP contribution is 2.28. The van der Waals surface area contributed by atoms with Crippen LogP contribution in [0.5, 0.6) is 0 Å². The van der Waals surface area contributed by atoms with Gasteiger partial charge in [0.25, 0.3) is 5.69 Å². The third-order valence-corrected chi connectivity index (χ3v) is 3.73. The molecular formula is C14H18N2O3. The van der Waals surface area contributed by atoms with Gasteiger partial charge in [-0.05, 0) is 38.3 Å². The summed E-state index contributed by atoms with van der Waals surface area (Å²) in [5, 5.41) is 10.7. The first-order valence-corrected chi connectivity index (χ1v) is 6.49. The van der Waals surface area contributed by atoms with Crippen LogP contribution in [0.3, 0.4) is 0 Å². The van der Waals surface area contributed by atoms with E-state index in [1.807, 2.05) is 6.92 Å². The Hall–Kier alpha value is -1.91. The van der Waals surface area contributed by atoms with E-state index in [-0.39, 0.29) is 22.3 Å². The quantitative estimate of drug-likeness (QED) is 0.620. The molecule has 0 radical (unpaired) electrons. The minimum absolute atomic E-state index is 0.0864. The molecule has 0 amide bonds. The Bertz CT molecular complexity index is 513. The molecule has 0 spiro atoms. The van der Waals surface area contributed by atoms with E-state index in [0.717, 1.165) is 30.6 Å². The molecule has 0 N–H and O–H groups in total. The van der Waals surface area contributed by atoms with Crippen molar-refractivity contribution in [2.75, 3.05) is 18.0 Å². The van der Waals surface area contributed by atoms with Crippen LogP contribution in [0, 0.1) is 23.0 Å². The van der Waals surface area contributed by atoms with Crippen molar-refractivity contribution in [3.8, 4) is 0 Å². The van der Waals surface area contributed by atoms with Crippen molar-refractivity contribution in [1.82, 2.24) is 0 Å². The summed E-state index contributed by atoms with van der Waals surface area (Å²) >= 11 is 0. The first-order valence-electron chi connectivity index (χ1n) is 6.49. The number of anilines is 1. The summed E-state index contributed by atoms with van der Waals surface area (Å²) in [4.78, 5) is 24.0. The molecule has 1 aliphatic rings. The van der Waals surface area contributed by atoms with E-state index in [0.29, 0.717) is 6.54 Å². The van der Waals surface area contributed by atoms with Gasteiger partial charge in [0.2, 0.25) is 0 Å². The number of Topliss-reactive ketones (excluding diaryl/α,β-unsaturated/α-hetero) is 1. The fourth-order valence-corrected chi connectivity index (χ4v) is 2.64. The van der Waals surface area contributed by atoms with Crippen LogP contribution in [0.4, 0.5) is 11.4 Å². The van der Waals surface area contributed by atoms with Gasteiger partial charge in [0.1, 0.15) is 5.78 Å². The van der Waals surface area contributed by atoms with Gasteiger partial charge >= 0.3 is 0 Å². The van der Waals surface area contributed by atoms with Crippen molar-refractivity contribution in [1.29, 1.82) is 0 Å². The Morgan fingerprint density at radius 1 is 1.47 bits per heavy atom.